The highest BCUT2D eigenvalue weighted by atomic mass is 35.5. The number of benzene rings is 2. The number of aliphatic hydroxyl groups is 1. The van der Waals surface area contributed by atoms with Gasteiger partial charge in [-0.2, -0.15) is 13.2 Å². The van der Waals surface area contributed by atoms with E-state index in [1.807, 2.05) is 30.3 Å². The van der Waals surface area contributed by atoms with Crippen LogP contribution in [0, 0.1) is 0 Å². The van der Waals surface area contributed by atoms with Crippen LogP contribution in [0.5, 0.6) is 17.2 Å². The van der Waals surface area contributed by atoms with Gasteiger partial charge in [0.05, 0.1) is 20.3 Å². The van der Waals surface area contributed by atoms with Crippen LogP contribution in [0.25, 0.3) is 0 Å². The van der Waals surface area contributed by atoms with Gasteiger partial charge in [-0.3, -0.25) is 0 Å². The molecule has 0 fully saturated rings. The zero-order valence-corrected chi connectivity index (χ0v) is 15.5. The van der Waals surface area contributed by atoms with Crippen molar-refractivity contribution < 1.29 is 32.5 Å². The Balaban J connectivity index is 0.00000364. The molecule has 2 aromatic carbocycles. The maximum absolute atomic E-state index is 12.9. The van der Waals surface area contributed by atoms with Crippen molar-refractivity contribution in [1.82, 2.24) is 0 Å². The fourth-order valence-corrected chi connectivity index (χ4v) is 2.37. The zero-order chi connectivity index (χ0) is 19.3. The molecule has 0 saturated carbocycles. The summed E-state index contributed by atoms with van der Waals surface area (Å²) in [6.07, 6.45) is -7.62. The third-order valence-corrected chi connectivity index (χ3v) is 3.79. The second-order valence-electron chi connectivity index (χ2n) is 5.53. The number of halogens is 4. The highest BCUT2D eigenvalue weighted by Crippen LogP contribution is 2.40. The van der Waals surface area contributed by atoms with Gasteiger partial charge >= 0.3 is 6.18 Å². The van der Waals surface area contributed by atoms with E-state index >= 15 is 0 Å². The fraction of sp³-hybridized carbons (Fsp3) is 0.333. The molecule has 0 amide bonds. The van der Waals surface area contributed by atoms with Gasteiger partial charge < -0.3 is 25.1 Å². The summed E-state index contributed by atoms with van der Waals surface area (Å²) in [5, 5.41) is 9.53. The molecule has 0 aliphatic rings. The van der Waals surface area contributed by atoms with E-state index in [0.29, 0.717) is 0 Å². The monoisotopic (exact) mass is 407 g/mol. The Morgan fingerprint density at radius 3 is 2.07 bits per heavy atom. The first kappa shape index (κ1) is 22.9. The van der Waals surface area contributed by atoms with Gasteiger partial charge in [-0.15, -0.1) is 12.4 Å². The molecule has 27 heavy (non-hydrogen) atoms. The number of nitrogens with two attached hydrogens (primary N) is 1. The summed E-state index contributed by atoms with van der Waals surface area (Å²) in [6.45, 7) is 0.109. The van der Waals surface area contributed by atoms with Crippen molar-refractivity contribution in [3.8, 4) is 17.2 Å². The molecule has 5 nitrogen and oxygen atoms in total. The molecule has 0 aliphatic heterocycles. The smallest absolute Gasteiger partial charge is 0.416 e. The van der Waals surface area contributed by atoms with E-state index in [0.717, 1.165) is 5.56 Å². The molecule has 0 aromatic heterocycles. The molecule has 3 N–H and O–H groups in total. The van der Waals surface area contributed by atoms with Crippen molar-refractivity contribution >= 4 is 12.4 Å². The third kappa shape index (κ3) is 5.66. The minimum absolute atomic E-state index is 0. The van der Waals surface area contributed by atoms with E-state index in [2.05, 4.69) is 0 Å². The van der Waals surface area contributed by atoms with Crippen LogP contribution in [0.1, 0.15) is 17.2 Å². The van der Waals surface area contributed by atoms with Crippen LogP contribution in [0.4, 0.5) is 13.2 Å². The number of hydrogen-bond acceptors (Lipinski definition) is 5. The molecule has 0 radical (unpaired) electrons. The van der Waals surface area contributed by atoms with Crippen LogP contribution in [0.15, 0.2) is 42.5 Å². The second kappa shape index (κ2) is 9.68. The van der Waals surface area contributed by atoms with Gasteiger partial charge in [-0.05, 0) is 11.6 Å². The number of alkyl halides is 3. The quantitative estimate of drug-likeness (QED) is 0.733. The number of ether oxygens (including phenoxy) is 3. The van der Waals surface area contributed by atoms with Crippen LogP contribution < -0.4 is 19.9 Å². The molecular formula is C18H21ClF3NO4. The number of rotatable bonds is 7. The molecular weight excluding hydrogens is 387 g/mol. The lowest BCUT2D eigenvalue weighted by Gasteiger charge is -2.24. The molecule has 0 heterocycles. The van der Waals surface area contributed by atoms with Crippen molar-refractivity contribution in [2.45, 2.75) is 24.9 Å². The Morgan fingerprint density at radius 1 is 1.00 bits per heavy atom. The Labute approximate surface area is 161 Å². The van der Waals surface area contributed by atoms with Gasteiger partial charge in [0.1, 0.15) is 12.4 Å². The molecule has 2 rings (SSSR count). The SMILES string of the molecule is COc1cc(OCc2ccccc2)c([C@@H](N)[C@@H](O)C(F)(F)F)cc1OC.Cl. The summed E-state index contributed by atoms with van der Waals surface area (Å²) >= 11 is 0. The molecule has 2 atom stereocenters. The van der Waals surface area contributed by atoms with Crippen molar-refractivity contribution in [1.29, 1.82) is 0 Å². The Hall–Kier alpha value is -2.16. The van der Waals surface area contributed by atoms with Gasteiger partial charge in [0.15, 0.2) is 17.6 Å². The van der Waals surface area contributed by atoms with Gasteiger partial charge in [-0.25, -0.2) is 0 Å². The molecule has 0 unspecified atom stereocenters. The minimum atomic E-state index is -4.87. The molecule has 0 bridgehead atoms. The van der Waals surface area contributed by atoms with Crippen LogP contribution in [0.2, 0.25) is 0 Å². The number of hydrogen-bond donors (Lipinski definition) is 2. The van der Waals surface area contributed by atoms with Crippen molar-refractivity contribution in [3.05, 3.63) is 53.6 Å². The molecule has 9 heteroatoms. The van der Waals surface area contributed by atoms with Crippen LogP contribution in [-0.4, -0.2) is 31.6 Å². The molecule has 0 saturated heterocycles. The summed E-state index contributed by atoms with van der Waals surface area (Å²) in [4.78, 5) is 0. The van der Waals surface area contributed by atoms with Gasteiger partial charge in [0, 0.05) is 11.6 Å². The minimum Gasteiger partial charge on any atom is -0.493 e. The third-order valence-electron chi connectivity index (χ3n) is 3.79. The maximum atomic E-state index is 12.9. The van der Waals surface area contributed by atoms with Crippen molar-refractivity contribution in [3.63, 3.8) is 0 Å². The second-order valence-corrected chi connectivity index (χ2v) is 5.53. The summed E-state index contributed by atoms with van der Waals surface area (Å²) in [5.41, 5.74) is 6.44. The van der Waals surface area contributed by atoms with E-state index in [1.54, 1.807) is 0 Å². The average molecular weight is 408 g/mol. The van der Waals surface area contributed by atoms with E-state index in [4.69, 9.17) is 19.9 Å². The predicted octanol–water partition coefficient (Wildman–Crippen LogP) is 3.63. The van der Waals surface area contributed by atoms with E-state index in [-0.39, 0.29) is 41.8 Å². The van der Waals surface area contributed by atoms with Gasteiger partial charge in [-0.1, -0.05) is 30.3 Å². The normalized spacial score (nSPS) is 13.3. The maximum Gasteiger partial charge on any atom is 0.416 e. The van der Waals surface area contributed by atoms with E-state index in [1.165, 1.54) is 26.4 Å². The van der Waals surface area contributed by atoms with Crippen LogP contribution in [0.3, 0.4) is 0 Å². The zero-order valence-electron chi connectivity index (χ0n) is 14.7. The molecule has 150 valence electrons. The molecule has 2 aromatic rings. The molecule has 0 spiro atoms. The summed E-state index contributed by atoms with van der Waals surface area (Å²) < 4.78 is 54.5. The first-order chi connectivity index (χ1) is 12.3. The van der Waals surface area contributed by atoms with Gasteiger partial charge in [0.25, 0.3) is 0 Å². The Bertz CT molecular complexity index is 729. The van der Waals surface area contributed by atoms with E-state index < -0.39 is 18.3 Å². The largest absolute Gasteiger partial charge is 0.493 e. The summed E-state index contributed by atoms with van der Waals surface area (Å²) in [7, 11) is 2.74. The average Bonchev–Trinajstić information content (AvgIpc) is 2.64. The first-order valence-corrected chi connectivity index (χ1v) is 7.71. The van der Waals surface area contributed by atoms with Crippen LogP contribution in [-0.2, 0) is 6.61 Å². The number of methoxy groups -OCH3 is 2. The summed E-state index contributed by atoms with van der Waals surface area (Å²) in [6, 6.07) is 10.00. The highest BCUT2D eigenvalue weighted by molar-refractivity contribution is 5.85. The first-order valence-electron chi connectivity index (χ1n) is 7.71. The van der Waals surface area contributed by atoms with Crippen LogP contribution >= 0.6 is 12.4 Å². The highest BCUT2D eigenvalue weighted by Gasteiger charge is 2.43. The topological polar surface area (TPSA) is 73.9 Å². The number of aliphatic hydroxyl groups excluding tert-OH is 1. The van der Waals surface area contributed by atoms with Gasteiger partial charge in [0.2, 0.25) is 0 Å². The predicted molar refractivity (Wildman–Crippen MR) is 96.6 cm³/mol. The fourth-order valence-electron chi connectivity index (χ4n) is 2.37. The van der Waals surface area contributed by atoms with E-state index in [9.17, 15) is 18.3 Å². The lowest BCUT2D eigenvalue weighted by Crippen LogP contribution is -2.39. The lowest BCUT2D eigenvalue weighted by atomic mass is 10.00. The van der Waals surface area contributed by atoms with Crippen molar-refractivity contribution in [2.24, 2.45) is 5.73 Å². The molecule has 0 aliphatic carbocycles. The van der Waals surface area contributed by atoms with Crippen molar-refractivity contribution in [2.75, 3.05) is 14.2 Å². The standard InChI is InChI=1S/C18H20F3NO4.ClH/c1-24-14-8-12(16(22)17(23)18(19,20)21)13(9-15(14)25-2)26-10-11-6-4-3-5-7-11;/h3-9,16-17,23H,10,22H2,1-2H3;1H/t16-,17-;/m1./s1. The lowest BCUT2D eigenvalue weighted by molar-refractivity contribution is -0.210. The summed E-state index contributed by atoms with van der Waals surface area (Å²) in [5.74, 6) is 0.523. The Morgan fingerprint density at radius 2 is 1.56 bits per heavy atom. The Kier molecular flexibility index (Phi) is 8.20.